The Morgan fingerprint density at radius 3 is 3.00 bits per heavy atom. The van der Waals surface area contributed by atoms with Crippen molar-refractivity contribution in [3.63, 3.8) is 0 Å². The summed E-state index contributed by atoms with van der Waals surface area (Å²) in [4.78, 5) is 13.2. The molecule has 2 atom stereocenters. The van der Waals surface area contributed by atoms with E-state index in [1.165, 1.54) is 12.8 Å². The molecule has 6 heteroatoms. The van der Waals surface area contributed by atoms with Crippen molar-refractivity contribution in [2.45, 2.75) is 31.3 Å². The lowest BCUT2D eigenvalue weighted by Crippen LogP contribution is -2.33. The van der Waals surface area contributed by atoms with Crippen molar-refractivity contribution in [3.8, 4) is 0 Å². The Morgan fingerprint density at radius 1 is 1.37 bits per heavy atom. The van der Waals surface area contributed by atoms with Gasteiger partial charge in [-0.05, 0) is 37.9 Å². The van der Waals surface area contributed by atoms with E-state index in [4.69, 9.17) is 11.6 Å². The predicted octanol–water partition coefficient (Wildman–Crippen LogP) is 2.90. The third kappa shape index (κ3) is 2.28. The topological polar surface area (TPSA) is 58.4 Å². The van der Waals surface area contributed by atoms with Crippen molar-refractivity contribution in [1.29, 1.82) is 0 Å². The van der Waals surface area contributed by atoms with E-state index in [0.717, 1.165) is 19.5 Å². The van der Waals surface area contributed by atoms with Gasteiger partial charge >= 0.3 is 5.69 Å². The van der Waals surface area contributed by atoms with Gasteiger partial charge in [-0.2, -0.15) is 0 Å². The second-order valence-electron chi connectivity index (χ2n) is 5.18. The number of hydrogen-bond donors (Lipinski definition) is 1. The van der Waals surface area contributed by atoms with Gasteiger partial charge in [0, 0.05) is 18.6 Å². The minimum Gasteiger partial charge on any atom is -0.375 e. The van der Waals surface area contributed by atoms with Gasteiger partial charge in [0.2, 0.25) is 0 Å². The van der Waals surface area contributed by atoms with Crippen LogP contribution in [0.5, 0.6) is 0 Å². The van der Waals surface area contributed by atoms with Crippen LogP contribution in [0, 0.1) is 10.1 Å². The lowest BCUT2D eigenvalue weighted by atomic mass is 10.1. The van der Waals surface area contributed by atoms with Crippen molar-refractivity contribution < 1.29 is 4.92 Å². The molecule has 2 heterocycles. The number of nitrogens with one attached hydrogen (secondary N) is 1. The van der Waals surface area contributed by atoms with Gasteiger partial charge in [-0.3, -0.25) is 15.0 Å². The van der Waals surface area contributed by atoms with E-state index < -0.39 is 4.92 Å². The molecule has 2 fully saturated rings. The van der Waals surface area contributed by atoms with E-state index in [-0.39, 0.29) is 10.7 Å². The fourth-order valence-corrected chi connectivity index (χ4v) is 3.51. The largest absolute Gasteiger partial charge is 0.375 e. The van der Waals surface area contributed by atoms with Gasteiger partial charge in [0.05, 0.1) is 4.92 Å². The molecule has 1 aromatic rings. The summed E-state index contributed by atoms with van der Waals surface area (Å²) in [6, 6.07) is 5.85. The number of rotatable bonds is 3. The number of nitro benzene ring substituents is 1. The number of nitrogens with zero attached hydrogens (tertiary/aromatic N) is 2. The van der Waals surface area contributed by atoms with Crippen molar-refractivity contribution in [2.24, 2.45) is 0 Å². The first-order valence-corrected chi connectivity index (χ1v) is 6.98. The van der Waals surface area contributed by atoms with Gasteiger partial charge in [0.15, 0.2) is 0 Å². The van der Waals surface area contributed by atoms with E-state index in [9.17, 15) is 10.1 Å². The highest BCUT2D eigenvalue weighted by Gasteiger charge is 2.37. The van der Waals surface area contributed by atoms with Crippen LogP contribution in [0.4, 0.5) is 11.4 Å². The van der Waals surface area contributed by atoms with E-state index in [2.05, 4.69) is 10.2 Å². The number of benzene rings is 1. The Morgan fingerprint density at radius 2 is 2.21 bits per heavy atom. The average Bonchev–Trinajstić information content (AvgIpc) is 2.93. The molecule has 0 saturated carbocycles. The van der Waals surface area contributed by atoms with Crippen LogP contribution in [-0.4, -0.2) is 35.0 Å². The van der Waals surface area contributed by atoms with Crippen molar-refractivity contribution in [2.75, 3.05) is 18.4 Å². The summed E-state index contributed by atoms with van der Waals surface area (Å²) in [5.74, 6) is 0. The maximum atomic E-state index is 11.1. The molecule has 0 aromatic heterocycles. The normalized spacial score (nSPS) is 26.4. The number of para-hydroxylation sites is 1. The second kappa shape index (κ2) is 4.98. The fraction of sp³-hybridized carbons (Fsp3) is 0.538. The molecule has 2 saturated heterocycles. The van der Waals surface area contributed by atoms with Gasteiger partial charge in [-0.1, -0.05) is 17.7 Å². The van der Waals surface area contributed by atoms with Crippen LogP contribution >= 0.6 is 11.6 Å². The van der Waals surface area contributed by atoms with E-state index in [1.54, 1.807) is 18.2 Å². The predicted molar refractivity (Wildman–Crippen MR) is 74.7 cm³/mol. The van der Waals surface area contributed by atoms with Crippen molar-refractivity contribution >= 4 is 23.0 Å². The molecule has 2 aliphatic heterocycles. The first kappa shape index (κ1) is 12.7. The van der Waals surface area contributed by atoms with Crippen LogP contribution in [0.25, 0.3) is 0 Å². The Hall–Kier alpha value is -1.33. The molecule has 102 valence electrons. The summed E-state index contributed by atoms with van der Waals surface area (Å²) in [5.41, 5.74) is 0.525. The molecule has 0 spiro atoms. The minimum absolute atomic E-state index is 0.0133. The first-order valence-electron chi connectivity index (χ1n) is 6.60. The number of hydrogen-bond acceptors (Lipinski definition) is 4. The third-order valence-electron chi connectivity index (χ3n) is 4.12. The van der Waals surface area contributed by atoms with Crippen LogP contribution in [0.1, 0.15) is 19.3 Å². The maximum absolute atomic E-state index is 11.1. The third-order valence-corrected chi connectivity index (χ3v) is 4.42. The number of fused-ring (bicyclic) bond motifs is 1. The maximum Gasteiger partial charge on any atom is 0.310 e. The number of nitro groups is 1. The summed E-state index contributed by atoms with van der Waals surface area (Å²) in [6.45, 7) is 2.23. The van der Waals surface area contributed by atoms with Crippen LogP contribution in [-0.2, 0) is 0 Å². The summed E-state index contributed by atoms with van der Waals surface area (Å²) < 4.78 is 0. The van der Waals surface area contributed by atoms with Gasteiger partial charge in [0.1, 0.15) is 10.7 Å². The zero-order chi connectivity index (χ0) is 13.4. The molecule has 0 bridgehead atoms. The van der Waals surface area contributed by atoms with Crippen LogP contribution in [0.15, 0.2) is 18.2 Å². The first-order chi connectivity index (χ1) is 9.16. The van der Waals surface area contributed by atoms with E-state index in [0.29, 0.717) is 17.8 Å². The van der Waals surface area contributed by atoms with Crippen LogP contribution in [0.3, 0.4) is 0 Å². The lowest BCUT2D eigenvalue weighted by Gasteiger charge is -2.22. The van der Waals surface area contributed by atoms with Gasteiger partial charge < -0.3 is 5.32 Å². The summed E-state index contributed by atoms with van der Waals surface area (Å²) >= 11 is 5.93. The molecule has 19 heavy (non-hydrogen) atoms. The summed E-state index contributed by atoms with van der Waals surface area (Å²) in [5, 5.41) is 14.6. The monoisotopic (exact) mass is 281 g/mol. The smallest absolute Gasteiger partial charge is 0.310 e. The minimum atomic E-state index is -0.411. The van der Waals surface area contributed by atoms with Crippen molar-refractivity contribution in [1.82, 2.24) is 4.90 Å². The van der Waals surface area contributed by atoms with Crippen LogP contribution < -0.4 is 5.32 Å². The number of halogens is 1. The highest BCUT2D eigenvalue weighted by atomic mass is 35.5. The molecule has 2 unspecified atom stereocenters. The lowest BCUT2D eigenvalue weighted by molar-refractivity contribution is -0.383. The molecule has 0 amide bonds. The highest BCUT2D eigenvalue weighted by molar-refractivity contribution is 6.33. The van der Waals surface area contributed by atoms with Crippen LogP contribution in [0.2, 0.25) is 5.02 Å². The molecule has 3 rings (SSSR count). The zero-order valence-corrected chi connectivity index (χ0v) is 11.3. The molecule has 0 radical (unpaired) electrons. The highest BCUT2D eigenvalue weighted by Crippen LogP contribution is 2.36. The van der Waals surface area contributed by atoms with E-state index >= 15 is 0 Å². The van der Waals surface area contributed by atoms with Gasteiger partial charge in [0.25, 0.3) is 0 Å². The number of anilines is 1. The quantitative estimate of drug-likeness (QED) is 0.684. The zero-order valence-electron chi connectivity index (χ0n) is 10.5. The van der Waals surface area contributed by atoms with E-state index in [1.807, 2.05) is 0 Å². The molecule has 5 nitrogen and oxygen atoms in total. The second-order valence-corrected chi connectivity index (χ2v) is 5.59. The molecular formula is C13H16ClN3O2. The molecule has 1 aromatic carbocycles. The SMILES string of the molecule is O=[N+]([O-])c1c(Cl)cccc1NC1CCN2CCCC12. The molecular weight excluding hydrogens is 266 g/mol. The van der Waals surface area contributed by atoms with Crippen molar-refractivity contribution in [3.05, 3.63) is 33.3 Å². The average molecular weight is 282 g/mol. The van der Waals surface area contributed by atoms with Gasteiger partial charge in [-0.15, -0.1) is 0 Å². The summed E-state index contributed by atoms with van der Waals surface area (Å²) in [7, 11) is 0. The Bertz CT molecular complexity index is 509. The Labute approximate surface area is 116 Å². The summed E-state index contributed by atoms with van der Waals surface area (Å²) in [6.07, 6.45) is 3.43. The fourth-order valence-electron chi connectivity index (χ4n) is 3.27. The van der Waals surface area contributed by atoms with Gasteiger partial charge in [-0.25, -0.2) is 0 Å². The Kier molecular flexibility index (Phi) is 3.33. The Balaban J connectivity index is 1.84. The molecule has 1 N–H and O–H groups in total. The standard InChI is InChI=1S/C13H16ClN3O2/c14-9-3-1-4-11(13(9)17(18)19)15-10-6-8-16-7-2-5-12(10)16/h1,3-4,10,12,15H,2,5-8H2. The molecule has 2 aliphatic rings. The molecule has 0 aliphatic carbocycles.